The van der Waals surface area contributed by atoms with Crippen LogP contribution < -0.4 is 0 Å². The smallest absolute Gasteiger partial charge is 0.315 e. The standard InChI is InChI=1S/C21H25NO3S/c1-12-10-11-17(26-12)20-18(21(24)25-14-6-3-4-7-14)13(2)22-15-8-5-9-16(23)19(15)20/h10-11,14,18,20H,3-9H2,1-2H3/t18-,20-/m0/s1. The number of aliphatic imine (C=N–C) groups is 1. The van der Waals surface area contributed by atoms with Crippen molar-refractivity contribution < 1.29 is 14.3 Å². The summed E-state index contributed by atoms with van der Waals surface area (Å²) in [6.45, 7) is 3.97. The van der Waals surface area contributed by atoms with E-state index in [0.29, 0.717) is 6.42 Å². The lowest BCUT2D eigenvalue weighted by Gasteiger charge is -2.34. The van der Waals surface area contributed by atoms with E-state index in [9.17, 15) is 9.59 Å². The van der Waals surface area contributed by atoms with Crippen LogP contribution in [0.3, 0.4) is 0 Å². The maximum absolute atomic E-state index is 13.1. The molecule has 1 aromatic rings. The average molecular weight is 372 g/mol. The molecule has 1 aromatic heterocycles. The van der Waals surface area contributed by atoms with Gasteiger partial charge in [0.25, 0.3) is 0 Å². The van der Waals surface area contributed by atoms with E-state index in [1.807, 2.05) is 6.92 Å². The van der Waals surface area contributed by atoms with Gasteiger partial charge in [-0.2, -0.15) is 0 Å². The fourth-order valence-electron chi connectivity index (χ4n) is 4.48. The summed E-state index contributed by atoms with van der Waals surface area (Å²) in [7, 11) is 0. The summed E-state index contributed by atoms with van der Waals surface area (Å²) < 4.78 is 5.85. The van der Waals surface area contributed by atoms with Gasteiger partial charge in [-0.25, -0.2) is 0 Å². The second-order valence-corrected chi connectivity index (χ2v) is 8.96. The van der Waals surface area contributed by atoms with Crippen LogP contribution in [0.25, 0.3) is 0 Å². The number of hydrogen-bond acceptors (Lipinski definition) is 5. The van der Waals surface area contributed by atoms with Crippen LogP contribution >= 0.6 is 11.3 Å². The zero-order valence-corrected chi connectivity index (χ0v) is 16.2. The summed E-state index contributed by atoms with van der Waals surface area (Å²) in [5, 5.41) is 0. The van der Waals surface area contributed by atoms with Crippen LogP contribution in [0.4, 0.5) is 0 Å². The summed E-state index contributed by atoms with van der Waals surface area (Å²) in [5.74, 6) is -0.770. The van der Waals surface area contributed by atoms with Gasteiger partial charge in [0.1, 0.15) is 12.0 Å². The molecule has 3 aliphatic rings. The number of hydrogen-bond donors (Lipinski definition) is 0. The van der Waals surface area contributed by atoms with Gasteiger partial charge in [-0.15, -0.1) is 11.3 Å². The molecule has 2 aliphatic carbocycles. The van der Waals surface area contributed by atoms with Crippen molar-refractivity contribution in [1.29, 1.82) is 0 Å². The molecule has 1 saturated carbocycles. The van der Waals surface area contributed by atoms with E-state index in [1.165, 1.54) is 4.88 Å². The van der Waals surface area contributed by atoms with Gasteiger partial charge in [-0.05, 0) is 64.5 Å². The first-order chi connectivity index (χ1) is 12.5. The summed E-state index contributed by atoms with van der Waals surface area (Å²) in [6.07, 6.45) is 6.39. The van der Waals surface area contributed by atoms with Crippen molar-refractivity contribution >= 4 is 28.8 Å². The van der Waals surface area contributed by atoms with Crippen molar-refractivity contribution in [2.24, 2.45) is 10.9 Å². The van der Waals surface area contributed by atoms with Crippen molar-refractivity contribution in [3.05, 3.63) is 33.2 Å². The molecule has 0 unspecified atom stereocenters. The third-order valence-corrected chi connectivity index (χ3v) is 6.82. The highest BCUT2D eigenvalue weighted by atomic mass is 32.1. The normalized spacial score (nSPS) is 26.7. The minimum atomic E-state index is -0.477. The number of Topliss-reactive ketones (excluding diaryl/α,β-unsaturated/α-hetero) is 1. The van der Waals surface area contributed by atoms with E-state index < -0.39 is 5.92 Å². The number of thiophene rings is 1. The Morgan fingerprint density at radius 3 is 2.62 bits per heavy atom. The Morgan fingerprint density at radius 1 is 1.15 bits per heavy atom. The fraction of sp³-hybridized carbons (Fsp3) is 0.571. The second-order valence-electron chi connectivity index (χ2n) is 7.64. The van der Waals surface area contributed by atoms with Crippen LogP contribution in [0.5, 0.6) is 0 Å². The van der Waals surface area contributed by atoms with Crippen molar-refractivity contribution in [3.63, 3.8) is 0 Å². The summed E-state index contributed by atoms with van der Waals surface area (Å²) in [6, 6.07) is 4.12. The molecular formula is C21H25NO3S. The maximum Gasteiger partial charge on any atom is 0.315 e. The first-order valence-corrected chi connectivity index (χ1v) is 10.4. The Morgan fingerprint density at radius 2 is 1.92 bits per heavy atom. The van der Waals surface area contributed by atoms with Crippen molar-refractivity contribution in [3.8, 4) is 0 Å². The molecule has 138 valence electrons. The first kappa shape index (κ1) is 17.7. The Labute approximate surface area is 158 Å². The molecule has 0 N–H and O–H groups in total. The average Bonchev–Trinajstić information content (AvgIpc) is 3.25. The molecule has 2 heterocycles. The van der Waals surface area contributed by atoms with Crippen LogP contribution in [0.1, 0.15) is 67.5 Å². The monoisotopic (exact) mass is 371 g/mol. The van der Waals surface area contributed by atoms with Crippen LogP contribution in [0.15, 0.2) is 28.4 Å². The minimum Gasteiger partial charge on any atom is -0.462 e. The predicted molar refractivity (Wildman–Crippen MR) is 103 cm³/mol. The van der Waals surface area contributed by atoms with E-state index in [1.54, 1.807) is 11.3 Å². The van der Waals surface area contributed by atoms with Crippen LogP contribution in [0.2, 0.25) is 0 Å². The number of rotatable bonds is 3. The number of ketones is 1. The molecule has 26 heavy (non-hydrogen) atoms. The topological polar surface area (TPSA) is 55.7 Å². The van der Waals surface area contributed by atoms with Crippen molar-refractivity contribution in [2.45, 2.75) is 70.8 Å². The summed E-state index contributed by atoms with van der Waals surface area (Å²) in [5.41, 5.74) is 2.44. The van der Waals surface area contributed by atoms with Crippen LogP contribution in [-0.4, -0.2) is 23.6 Å². The third kappa shape index (κ3) is 3.18. The molecule has 4 nitrogen and oxygen atoms in total. The molecule has 1 aliphatic heterocycles. The van der Waals surface area contributed by atoms with Gasteiger partial charge in [0.15, 0.2) is 5.78 Å². The molecule has 0 spiro atoms. The first-order valence-electron chi connectivity index (χ1n) is 9.63. The number of nitrogens with zero attached hydrogens (tertiary/aromatic N) is 1. The molecule has 0 aromatic carbocycles. The van der Waals surface area contributed by atoms with Gasteiger partial charge in [0.2, 0.25) is 0 Å². The van der Waals surface area contributed by atoms with Gasteiger partial charge < -0.3 is 4.74 Å². The molecule has 2 atom stereocenters. The van der Waals surface area contributed by atoms with E-state index in [0.717, 1.165) is 60.4 Å². The molecule has 4 rings (SSSR count). The summed E-state index contributed by atoms with van der Waals surface area (Å²) >= 11 is 1.67. The number of carbonyl (C=O) groups is 2. The van der Waals surface area contributed by atoms with Gasteiger partial charge >= 0.3 is 5.97 Å². The van der Waals surface area contributed by atoms with Crippen molar-refractivity contribution in [2.75, 3.05) is 0 Å². The van der Waals surface area contributed by atoms with E-state index in [4.69, 9.17) is 9.73 Å². The van der Waals surface area contributed by atoms with Gasteiger partial charge in [-0.1, -0.05) is 0 Å². The highest BCUT2D eigenvalue weighted by Gasteiger charge is 2.44. The van der Waals surface area contributed by atoms with E-state index in [-0.39, 0.29) is 23.8 Å². The zero-order valence-electron chi connectivity index (χ0n) is 15.4. The van der Waals surface area contributed by atoms with Gasteiger partial charge in [0.05, 0.1) is 0 Å². The fourth-order valence-corrected chi connectivity index (χ4v) is 5.51. The Kier molecular flexibility index (Phi) is 4.82. The van der Waals surface area contributed by atoms with E-state index >= 15 is 0 Å². The Hall–Kier alpha value is -1.75. The lowest BCUT2D eigenvalue weighted by molar-refractivity contribution is -0.151. The molecule has 0 amide bonds. The quantitative estimate of drug-likeness (QED) is 0.722. The van der Waals surface area contributed by atoms with E-state index in [2.05, 4.69) is 19.1 Å². The molecule has 0 bridgehead atoms. The Balaban J connectivity index is 1.73. The number of ether oxygens (including phenoxy) is 1. The predicted octanol–water partition coefficient (Wildman–Crippen LogP) is 4.72. The summed E-state index contributed by atoms with van der Waals surface area (Å²) in [4.78, 5) is 32.8. The van der Waals surface area contributed by atoms with Crippen LogP contribution in [-0.2, 0) is 14.3 Å². The molecule has 5 heteroatoms. The lowest BCUT2D eigenvalue weighted by Crippen LogP contribution is -2.38. The highest BCUT2D eigenvalue weighted by molar-refractivity contribution is 7.12. The third-order valence-electron chi connectivity index (χ3n) is 5.74. The van der Waals surface area contributed by atoms with Gasteiger partial charge in [0, 0.05) is 39.1 Å². The van der Waals surface area contributed by atoms with Crippen LogP contribution in [0, 0.1) is 12.8 Å². The minimum absolute atomic E-state index is 0.0263. The molecule has 1 fully saturated rings. The largest absolute Gasteiger partial charge is 0.462 e. The number of allylic oxidation sites excluding steroid dienone is 2. The van der Waals surface area contributed by atoms with Gasteiger partial charge in [-0.3, -0.25) is 14.6 Å². The highest BCUT2D eigenvalue weighted by Crippen LogP contribution is 2.45. The van der Waals surface area contributed by atoms with Crippen molar-refractivity contribution in [1.82, 2.24) is 0 Å². The molecule has 0 saturated heterocycles. The Bertz CT molecular complexity index is 798. The maximum atomic E-state index is 13.1. The SMILES string of the molecule is CC1=NC2=C(C(=O)CCC2)[C@@H](c2ccc(C)s2)[C@H]1C(=O)OC1CCCC1. The number of esters is 1. The lowest BCUT2D eigenvalue weighted by atomic mass is 9.74. The molecule has 0 radical (unpaired) electrons. The second kappa shape index (κ2) is 7.10. The zero-order chi connectivity index (χ0) is 18.3. The molecular weight excluding hydrogens is 346 g/mol. The number of carbonyl (C=O) groups excluding carboxylic acids is 2. The number of aryl methyl sites for hydroxylation is 1.